The highest BCUT2D eigenvalue weighted by molar-refractivity contribution is 5.81. The summed E-state index contributed by atoms with van der Waals surface area (Å²) < 4.78 is 9.94. The minimum absolute atomic E-state index is 0.301. The van der Waals surface area contributed by atoms with Crippen LogP contribution in [0.3, 0.4) is 0 Å². The second-order valence-corrected chi connectivity index (χ2v) is 6.19. The van der Waals surface area contributed by atoms with Crippen molar-refractivity contribution in [3.63, 3.8) is 0 Å². The van der Waals surface area contributed by atoms with Crippen LogP contribution < -0.4 is 0 Å². The highest BCUT2D eigenvalue weighted by Gasteiger charge is 2.44. The Morgan fingerprint density at radius 3 is 2.68 bits per heavy atom. The summed E-state index contributed by atoms with van der Waals surface area (Å²) >= 11 is 0. The molecule has 1 saturated heterocycles. The number of fused-ring (bicyclic) bond motifs is 1. The third-order valence-corrected chi connectivity index (χ3v) is 4.93. The van der Waals surface area contributed by atoms with E-state index in [1.54, 1.807) is 6.92 Å². The zero-order valence-electron chi connectivity index (χ0n) is 13.3. The number of ether oxygens (including phenoxy) is 2. The van der Waals surface area contributed by atoms with Gasteiger partial charge in [-0.3, -0.25) is 4.90 Å². The van der Waals surface area contributed by atoms with Gasteiger partial charge in [-0.2, -0.15) is 5.26 Å². The number of carbonyl (C=O) groups excluding carboxylic acids is 2. The van der Waals surface area contributed by atoms with Crippen molar-refractivity contribution in [2.24, 2.45) is 17.8 Å². The monoisotopic (exact) mass is 308 g/mol. The molecule has 0 bridgehead atoms. The van der Waals surface area contributed by atoms with Gasteiger partial charge in [-0.15, -0.1) is 0 Å². The molecule has 22 heavy (non-hydrogen) atoms. The number of rotatable bonds is 3. The van der Waals surface area contributed by atoms with Crippen molar-refractivity contribution < 1.29 is 19.1 Å². The molecule has 1 aliphatic carbocycles. The lowest BCUT2D eigenvalue weighted by molar-refractivity contribution is -0.152. The second-order valence-electron chi connectivity index (χ2n) is 6.19. The van der Waals surface area contributed by atoms with E-state index in [-0.39, 0.29) is 5.97 Å². The molecule has 0 aromatic heterocycles. The van der Waals surface area contributed by atoms with Crippen molar-refractivity contribution >= 4 is 12.1 Å². The van der Waals surface area contributed by atoms with E-state index in [4.69, 9.17) is 14.7 Å². The second kappa shape index (κ2) is 7.48. The van der Waals surface area contributed by atoms with Gasteiger partial charge in [0.15, 0.2) is 0 Å². The first-order valence-corrected chi connectivity index (χ1v) is 7.98. The molecule has 2 rings (SSSR count). The van der Waals surface area contributed by atoms with Crippen LogP contribution in [0.5, 0.6) is 0 Å². The quantitative estimate of drug-likeness (QED) is 0.748. The predicted molar refractivity (Wildman–Crippen MR) is 78.7 cm³/mol. The maximum atomic E-state index is 12.2. The number of methoxy groups -OCH3 is 1. The number of nitrogens with zero attached hydrogens (tertiary/aromatic N) is 2. The first-order valence-electron chi connectivity index (χ1n) is 7.98. The average molecular weight is 308 g/mol. The number of hydrogen-bond donors (Lipinski definition) is 0. The molecular weight excluding hydrogens is 284 g/mol. The van der Waals surface area contributed by atoms with Crippen LogP contribution in [0.15, 0.2) is 0 Å². The van der Waals surface area contributed by atoms with Crippen molar-refractivity contribution in [1.29, 1.82) is 5.26 Å². The largest absolute Gasteiger partial charge is 0.464 e. The van der Waals surface area contributed by atoms with E-state index in [1.165, 1.54) is 12.0 Å². The van der Waals surface area contributed by atoms with E-state index < -0.39 is 12.1 Å². The SMILES string of the molecule is CCOC(=O)[C@@H]1C[C@H]2C[C@@H](CC#N)CC[C@H]2CN1C(=O)OC. The summed E-state index contributed by atoms with van der Waals surface area (Å²) in [7, 11) is 1.33. The van der Waals surface area contributed by atoms with E-state index in [1.807, 2.05) is 0 Å². The van der Waals surface area contributed by atoms with Crippen LogP contribution in [0.25, 0.3) is 0 Å². The Morgan fingerprint density at radius 1 is 1.27 bits per heavy atom. The van der Waals surface area contributed by atoms with Crippen LogP contribution in [0.1, 0.15) is 39.0 Å². The molecule has 0 radical (unpaired) electrons. The van der Waals surface area contributed by atoms with Gasteiger partial charge in [-0.1, -0.05) is 0 Å². The Morgan fingerprint density at radius 2 is 2.05 bits per heavy atom. The van der Waals surface area contributed by atoms with Crippen molar-refractivity contribution in [3.8, 4) is 6.07 Å². The van der Waals surface area contributed by atoms with E-state index in [0.717, 1.165) is 19.3 Å². The molecule has 1 amide bonds. The number of likely N-dealkylation sites (tertiary alicyclic amines) is 1. The van der Waals surface area contributed by atoms with Crippen LogP contribution in [0.2, 0.25) is 0 Å². The van der Waals surface area contributed by atoms with Crippen molar-refractivity contribution in [2.45, 2.75) is 45.1 Å². The number of esters is 1. The molecule has 1 aliphatic heterocycles. The summed E-state index contributed by atoms with van der Waals surface area (Å²) in [5.74, 6) is 0.828. The standard InChI is InChI=1S/C16H24N2O4/c1-3-22-15(19)14-9-13-8-11(6-7-17)4-5-12(13)10-18(14)16(20)21-2/h11-14H,3-6,8-10H2,1-2H3/t11-,12+,13-,14+/m1/s1. The molecule has 1 saturated carbocycles. The van der Waals surface area contributed by atoms with Gasteiger partial charge in [0.1, 0.15) is 6.04 Å². The van der Waals surface area contributed by atoms with Crippen LogP contribution in [0.4, 0.5) is 4.79 Å². The molecule has 0 spiro atoms. The topological polar surface area (TPSA) is 79.6 Å². The fourth-order valence-corrected chi connectivity index (χ4v) is 3.84. The Balaban J connectivity index is 2.10. The molecule has 2 aliphatic rings. The lowest BCUT2D eigenvalue weighted by Crippen LogP contribution is -2.55. The minimum Gasteiger partial charge on any atom is -0.464 e. The third kappa shape index (κ3) is 3.52. The molecule has 0 unspecified atom stereocenters. The van der Waals surface area contributed by atoms with Gasteiger partial charge in [0.05, 0.1) is 19.8 Å². The molecule has 122 valence electrons. The van der Waals surface area contributed by atoms with Gasteiger partial charge in [-0.25, -0.2) is 9.59 Å². The Kier molecular flexibility index (Phi) is 5.64. The molecule has 4 atom stereocenters. The summed E-state index contributed by atoms with van der Waals surface area (Å²) in [4.78, 5) is 25.7. The van der Waals surface area contributed by atoms with Crippen LogP contribution in [-0.2, 0) is 14.3 Å². The number of nitriles is 1. The smallest absolute Gasteiger partial charge is 0.410 e. The first-order chi connectivity index (χ1) is 10.6. The Hall–Kier alpha value is -1.77. The zero-order chi connectivity index (χ0) is 16.1. The summed E-state index contributed by atoms with van der Waals surface area (Å²) in [6.07, 6.45) is 3.71. The average Bonchev–Trinajstić information content (AvgIpc) is 2.53. The summed E-state index contributed by atoms with van der Waals surface area (Å²) in [5.41, 5.74) is 0. The third-order valence-electron chi connectivity index (χ3n) is 4.93. The highest BCUT2D eigenvalue weighted by atomic mass is 16.6. The highest BCUT2D eigenvalue weighted by Crippen LogP contribution is 2.42. The van der Waals surface area contributed by atoms with Crippen molar-refractivity contribution in [3.05, 3.63) is 0 Å². The normalized spacial score (nSPS) is 30.9. The molecule has 0 aromatic carbocycles. The number of piperidine rings is 1. The van der Waals surface area contributed by atoms with Gasteiger partial charge >= 0.3 is 12.1 Å². The van der Waals surface area contributed by atoms with Gasteiger partial charge in [0.2, 0.25) is 0 Å². The first kappa shape index (κ1) is 16.6. The van der Waals surface area contributed by atoms with E-state index in [0.29, 0.717) is 43.7 Å². The van der Waals surface area contributed by atoms with Crippen LogP contribution >= 0.6 is 0 Å². The zero-order valence-corrected chi connectivity index (χ0v) is 13.3. The van der Waals surface area contributed by atoms with E-state index in [9.17, 15) is 9.59 Å². The Bertz CT molecular complexity index is 460. The van der Waals surface area contributed by atoms with Crippen molar-refractivity contribution in [2.75, 3.05) is 20.3 Å². The molecule has 6 nitrogen and oxygen atoms in total. The fourth-order valence-electron chi connectivity index (χ4n) is 3.84. The summed E-state index contributed by atoms with van der Waals surface area (Å²) in [5, 5.41) is 8.88. The number of hydrogen-bond acceptors (Lipinski definition) is 5. The van der Waals surface area contributed by atoms with Crippen LogP contribution in [0, 0.1) is 29.1 Å². The molecule has 2 fully saturated rings. The number of carbonyl (C=O) groups is 2. The summed E-state index contributed by atoms with van der Waals surface area (Å²) in [6, 6.07) is 1.69. The van der Waals surface area contributed by atoms with Crippen LogP contribution in [-0.4, -0.2) is 43.3 Å². The minimum atomic E-state index is -0.561. The van der Waals surface area contributed by atoms with E-state index >= 15 is 0 Å². The molecule has 6 heteroatoms. The molecule has 1 heterocycles. The lowest BCUT2D eigenvalue weighted by Gasteiger charge is -2.45. The predicted octanol–water partition coefficient (Wildman–Crippen LogP) is 2.34. The summed E-state index contributed by atoms with van der Waals surface area (Å²) in [6.45, 7) is 2.60. The fraction of sp³-hybridized carbons (Fsp3) is 0.812. The van der Waals surface area contributed by atoms with Gasteiger partial charge < -0.3 is 9.47 Å². The maximum Gasteiger partial charge on any atom is 0.410 e. The van der Waals surface area contributed by atoms with Gasteiger partial charge in [0, 0.05) is 13.0 Å². The maximum absolute atomic E-state index is 12.2. The lowest BCUT2D eigenvalue weighted by atomic mass is 9.68. The van der Waals surface area contributed by atoms with Crippen molar-refractivity contribution in [1.82, 2.24) is 4.90 Å². The Labute approximate surface area is 131 Å². The van der Waals surface area contributed by atoms with E-state index in [2.05, 4.69) is 6.07 Å². The van der Waals surface area contributed by atoms with Gasteiger partial charge in [-0.05, 0) is 50.4 Å². The molecule has 0 N–H and O–H groups in total. The molecule has 0 aromatic rings. The molecular formula is C16H24N2O4. The van der Waals surface area contributed by atoms with Gasteiger partial charge in [0.25, 0.3) is 0 Å². The number of amides is 1.